The first kappa shape index (κ1) is 28.7. The van der Waals surface area contributed by atoms with Gasteiger partial charge in [0.15, 0.2) is 11.2 Å². The van der Waals surface area contributed by atoms with Crippen molar-refractivity contribution in [2.45, 2.75) is 0 Å². The lowest BCUT2D eigenvalue weighted by Crippen LogP contribution is -2.10. The molecule has 0 saturated heterocycles. The Bertz CT molecular complexity index is 3130. The molecule has 0 atom stereocenters. The predicted octanol–water partition coefficient (Wildman–Crippen LogP) is 13.6. The van der Waals surface area contributed by atoms with Crippen LogP contribution in [-0.4, -0.2) is 4.98 Å². The molecule has 0 amide bonds. The van der Waals surface area contributed by atoms with E-state index in [1.807, 2.05) is 72.8 Å². The van der Waals surface area contributed by atoms with E-state index in [0.29, 0.717) is 11.5 Å². The van der Waals surface area contributed by atoms with Crippen LogP contribution in [0.3, 0.4) is 0 Å². The molecule has 3 heterocycles. The number of rotatable bonds is 5. The number of nitrogens with zero attached hydrogens (tertiary/aromatic N) is 2. The molecule has 0 spiro atoms. The van der Waals surface area contributed by atoms with Gasteiger partial charge in [-0.3, -0.25) is 0 Å². The van der Waals surface area contributed by atoms with Crippen LogP contribution in [0.25, 0.3) is 88.3 Å². The predicted molar refractivity (Wildman–Crippen MR) is 212 cm³/mol. The minimum Gasteiger partial charge on any atom is -0.456 e. The molecule has 52 heavy (non-hydrogen) atoms. The highest BCUT2D eigenvalue weighted by Crippen LogP contribution is 2.48. The lowest BCUT2D eigenvalue weighted by Gasteiger charge is -2.26. The Labute approximate surface area is 297 Å². The number of fused-ring (bicyclic) bond motifs is 8. The zero-order valence-electron chi connectivity index (χ0n) is 27.8. The van der Waals surface area contributed by atoms with E-state index < -0.39 is 0 Å². The van der Waals surface area contributed by atoms with Crippen LogP contribution in [0.2, 0.25) is 0 Å². The molecule has 0 saturated carbocycles. The molecular formula is C47H28N2O3. The van der Waals surface area contributed by atoms with Crippen LogP contribution in [0.4, 0.5) is 17.1 Å². The van der Waals surface area contributed by atoms with Crippen molar-refractivity contribution in [1.82, 2.24) is 4.98 Å². The summed E-state index contributed by atoms with van der Waals surface area (Å²) >= 11 is 0. The minimum absolute atomic E-state index is 0.552. The van der Waals surface area contributed by atoms with E-state index in [9.17, 15) is 0 Å². The van der Waals surface area contributed by atoms with Gasteiger partial charge in [0, 0.05) is 38.5 Å². The van der Waals surface area contributed by atoms with Crippen LogP contribution < -0.4 is 4.90 Å². The average Bonchev–Trinajstić information content (AvgIpc) is 3.92. The van der Waals surface area contributed by atoms with Gasteiger partial charge in [-0.1, -0.05) is 109 Å². The largest absolute Gasteiger partial charge is 0.456 e. The molecule has 11 rings (SSSR count). The number of oxazole rings is 1. The van der Waals surface area contributed by atoms with Gasteiger partial charge in [0.1, 0.15) is 28.0 Å². The number of hydrogen-bond acceptors (Lipinski definition) is 5. The summed E-state index contributed by atoms with van der Waals surface area (Å²) in [5.41, 5.74) is 10.5. The quantitative estimate of drug-likeness (QED) is 0.183. The van der Waals surface area contributed by atoms with Crippen molar-refractivity contribution in [3.8, 4) is 22.6 Å². The Morgan fingerprint density at radius 2 is 1.06 bits per heavy atom. The minimum atomic E-state index is 0.552. The Kier molecular flexibility index (Phi) is 6.18. The highest BCUT2D eigenvalue weighted by molar-refractivity contribution is 6.18. The fourth-order valence-electron chi connectivity index (χ4n) is 7.66. The van der Waals surface area contributed by atoms with Gasteiger partial charge in [0.2, 0.25) is 5.89 Å². The molecule has 0 aliphatic rings. The SMILES string of the molecule is c1ccc(-c2nc3cc4c(oc5ccccc54)c(N(c4ccc(-c5cccc6ccccc56)cc4)c4ccc5oc6ccccc6c5c4)c3o2)cc1. The highest BCUT2D eigenvalue weighted by Gasteiger charge is 2.27. The summed E-state index contributed by atoms with van der Waals surface area (Å²) in [7, 11) is 0. The first-order valence-corrected chi connectivity index (χ1v) is 17.4. The first-order chi connectivity index (χ1) is 25.8. The van der Waals surface area contributed by atoms with Crippen molar-refractivity contribution in [2.24, 2.45) is 0 Å². The van der Waals surface area contributed by atoms with Gasteiger partial charge in [-0.2, -0.15) is 0 Å². The molecule has 0 radical (unpaired) electrons. The number of aromatic nitrogens is 1. The molecule has 0 aliphatic heterocycles. The number of benzene rings is 8. The maximum absolute atomic E-state index is 6.77. The van der Waals surface area contributed by atoms with E-state index in [-0.39, 0.29) is 0 Å². The number of furan rings is 2. The average molecular weight is 669 g/mol. The van der Waals surface area contributed by atoms with Crippen LogP contribution in [0.1, 0.15) is 0 Å². The van der Waals surface area contributed by atoms with Crippen LogP contribution in [0.15, 0.2) is 183 Å². The zero-order chi connectivity index (χ0) is 34.2. The second-order valence-corrected chi connectivity index (χ2v) is 13.1. The van der Waals surface area contributed by atoms with Crippen LogP contribution >= 0.6 is 0 Å². The topological polar surface area (TPSA) is 55.6 Å². The molecular weight excluding hydrogens is 641 g/mol. The van der Waals surface area contributed by atoms with Gasteiger partial charge in [0.25, 0.3) is 0 Å². The summed E-state index contributed by atoms with van der Waals surface area (Å²) < 4.78 is 19.8. The second kappa shape index (κ2) is 11.2. The van der Waals surface area contributed by atoms with Crippen molar-refractivity contribution in [2.75, 3.05) is 4.90 Å². The molecule has 0 N–H and O–H groups in total. The lowest BCUT2D eigenvalue weighted by molar-refractivity contribution is 0.618. The number of anilines is 3. The van der Waals surface area contributed by atoms with Gasteiger partial charge in [0.05, 0.1) is 0 Å². The molecule has 0 aliphatic carbocycles. The van der Waals surface area contributed by atoms with Crippen LogP contribution in [-0.2, 0) is 0 Å². The smallest absolute Gasteiger partial charge is 0.227 e. The third-order valence-corrected chi connectivity index (χ3v) is 10.1. The van der Waals surface area contributed by atoms with E-state index in [4.69, 9.17) is 18.2 Å². The molecule has 0 fully saturated rings. The Morgan fingerprint density at radius 1 is 0.404 bits per heavy atom. The van der Waals surface area contributed by atoms with E-state index >= 15 is 0 Å². The van der Waals surface area contributed by atoms with Gasteiger partial charge in [-0.25, -0.2) is 4.98 Å². The van der Waals surface area contributed by atoms with E-state index in [1.54, 1.807) is 0 Å². The number of para-hydroxylation sites is 2. The molecule has 5 heteroatoms. The molecule has 244 valence electrons. The number of hydrogen-bond donors (Lipinski definition) is 0. The lowest BCUT2D eigenvalue weighted by atomic mass is 9.98. The highest BCUT2D eigenvalue weighted by atomic mass is 16.4. The van der Waals surface area contributed by atoms with Crippen molar-refractivity contribution in [3.63, 3.8) is 0 Å². The van der Waals surface area contributed by atoms with Gasteiger partial charge >= 0.3 is 0 Å². The van der Waals surface area contributed by atoms with Gasteiger partial charge < -0.3 is 18.2 Å². The molecule has 0 bridgehead atoms. The standard InChI is InChI=1S/C47H28N2O3/c1-2-12-31(13-3-1)47-48-40-28-39-37-17-7-9-20-42(37)51-45(39)44(46(40)52-47)49(33-25-26-43-38(27-33)36-16-6-8-19-41(36)50-43)32-23-21-30(22-24-32)35-18-10-14-29-11-4-5-15-34(29)35/h1-28H. The first-order valence-electron chi connectivity index (χ1n) is 17.4. The van der Waals surface area contributed by atoms with Crippen molar-refractivity contribution >= 4 is 82.8 Å². The van der Waals surface area contributed by atoms with E-state index in [2.05, 4.69) is 102 Å². The van der Waals surface area contributed by atoms with E-state index in [1.165, 1.54) is 16.3 Å². The molecule has 0 unspecified atom stereocenters. The maximum Gasteiger partial charge on any atom is 0.227 e. The summed E-state index contributed by atoms with van der Waals surface area (Å²) in [4.78, 5) is 7.30. The summed E-state index contributed by atoms with van der Waals surface area (Å²) in [5.74, 6) is 0.552. The molecule has 11 aromatic rings. The van der Waals surface area contributed by atoms with Gasteiger partial charge in [-0.15, -0.1) is 0 Å². The van der Waals surface area contributed by atoms with Gasteiger partial charge in [-0.05, 0) is 82.6 Å². The van der Waals surface area contributed by atoms with E-state index in [0.717, 1.165) is 77.6 Å². The Hall–Kier alpha value is -7.11. The monoisotopic (exact) mass is 668 g/mol. The normalized spacial score (nSPS) is 11.8. The Balaban J connectivity index is 1.20. The van der Waals surface area contributed by atoms with Crippen LogP contribution in [0.5, 0.6) is 0 Å². The Morgan fingerprint density at radius 3 is 1.88 bits per heavy atom. The fraction of sp³-hybridized carbons (Fsp3) is 0. The molecule has 8 aromatic carbocycles. The van der Waals surface area contributed by atoms with Crippen molar-refractivity contribution in [3.05, 3.63) is 170 Å². The second-order valence-electron chi connectivity index (χ2n) is 13.1. The molecule has 3 aromatic heterocycles. The molecule has 5 nitrogen and oxygen atoms in total. The van der Waals surface area contributed by atoms with Crippen molar-refractivity contribution in [1.29, 1.82) is 0 Å². The van der Waals surface area contributed by atoms with Crippen LogP contribution in [0, 0.1) is 0 Å². The third-order valence-electron chi connectivity index (χ3n) is 10.1. The summed E-state index contributed by atoms with van der Waals surface area (Å²) in [5, 5.41) is 6.51. The maximum atomic E-state index is 6.77. The summed E-state index contributed by atoms with van der Waals surface area (Å²) in [6, 6.07) is 58.5. The summed E-state index contributed by atoms with van der Waals surface area (Å²) in [6.07, 6.45) is 0. The van der Waals surface area contributed by atoms with Crippen molar-refractivity contribution < 1.29 is 13.3 Å². The zero-order valence-corrected chi connectivity index (χ0v) is 27.8. The third kappa shape index (κ3) is 4.39. The summed E-state index contributed by atoms with van der Waals surface area (Å²) in [6.45, 7) is 0. The fourth-order valence-corrected chi connectivity index (χ4v) is 7.66.